The average Bonchev–Trinajstić information content (AvgIpc) is 2.81. The summed E-state index contributed by atoms with van der Waals surface area (Å²) in [6, 6.07) is 8.83. The number of benzene rings is 1. The number of alkyl carbamates (subject to hydrolysis) is 1. The fourth-order valence-electron chi connectivity index (χ4n) is 4.44. The summed E-state index contributed by atoms with van der Waals surface area (Å²) in [5, 5.41) is 14.9. The molecule has 0 spiro atoms. The molecular formula is C23H33N3O5. The molecule has 0 radical (unpaired) electrons. The largest absolute Gasteiger partial charge is 0.465 e. The van der Waals surface area contributed by atoms with Gasteiger partial charge in [0.1, 0.15) is 12.6 Å². The van der Waals surface area contributed by atoms with E-state index in [4.69, 9.17) is 9.84 Å². The van der Waals surface area contributed by atoms with Crippen molar-refractivity contribution in [3.63, 3.8) is 0 Å². The molecule has 3 amide bonds. The molecule has 0 aromatic heterocycles. The first-order valence-corrected chi connectivity index (χ1v) is 11.3. The smallest absolute Gasteiger partial charge is 0.408 e. The SMILES string of the molecule is O=C(NC(C(=O)NCC1CCN(C(=O)O)CC1)C1CCCCC1)OCc1ccccc1. The molecule has 1 saturated carbocycles. The number of likely N-dealkylation sites (tertiary alicyclic amines) is 1. The minimum Gasteiger partial charge on any atom is -0.465 e. The van der Waals surface area contributed by atoms with Gasteiger partial charge >= 0.3 is 12.2 Å². The van der Waals surface area contributed by atoms with Crippen LogP contribution in [0.4, 0.5) is 9.59 Å². The van der Waals surface area contributed by atoms with Gasteiger partial charge in [0.2, 0.25) is 5.91 Å². The molecule has 1 aromatic carbocycles. The van der Waals surface area contributed by atoms with Gasteiger partial charge in [0.05, 0.1) is 0 Å². The van der Waals surface area contributed by atoms with Crippen LogP contribution in [0.15, 0.2) is 30.3 Å². The molecule has 2 fully saturated rings. The summed E-state index contributed by atoms with van der Waals surface area (Å²) in [4.78, 5) is 37.8. The monoisotopic (exact) mass is 431 g/mol. The Bertz CT molecular complexity index is 728. The number of rotatable bonds is 7. The number of carboxylic acid groups (broad SMARTS) is 1. The van der Waals surface area contributed by atoms with Crippen molar-refractivity contribution < 1.29 is 24.2 Å². The van der Waals surface area contributed by atoms with Crippen molar-refractivity contribution in [2.45, 2.75) is 57.6 Å². The highest BCUT2D eigenvalue weighted by atomic mass is 16.5. The second kappa shape index (κ2) is 11.6. The summed E-state index contributed by atoms with van der Waals surface area (Å²) in [6.45, 7) is 1.64. The molecule has 3 N–H and O–H groups in total. The molecule has 1 atom stereocenters. The van der Waals surface area contributed by atoms with Crippen LogP contribution in [0.2, 0.25) is 0 Å². The Morgan fingerprint density at radius 1 is 1.03 bits per heavy atom. The third-order valence-electron chi connectivity index (χ3n) is 6.34. The van der Waals surface area contributed by atoms with Gasteiger partial charge in [0.25, 0.3) is 0 Å². The van der Waals surface area contributed by atoms with Crippen LogP contribution in [0.25, 0.3) is 0 Å². The van der Waals surface area contributed by atoms with E-state index in [0.717, 1.165) is 50.5 Å². The number of nitrogens with zero attached hydrogens (tertiary/aromatic N) is 1. The first-order chi connectivity index (χ1) is 15.0. The first-order valence-electron chi connectivity index (χ1n) is 11.3. The van der Waals surface area contributed by atoms with Gasteiger partial charge in [-0.2, -0.15) is 0 Å². The third kappa shape index (κ3) is 7.15. The van der Waals surface area contributed by atoms with Crippen molar-refractivity contribution in [1.29, 1.82) is 0 Å². The summed E-state index contributed by atoms with van der Waals surface area (Å²) < 4.78 is 5.34. The maximum Gasteiger partial charge on any atom is 0.408 e. The van der Waals surface area contributed by atoms with Gasteiger partial charge in [-0.3, -0.25) is 4.79 Å². The van der Waals surface area contributed by atoms with E-state index in [9.17, 15) is 14.4 Å². The van der Waals surface area contributed by atoms with E-state index < -0.39 is 18.2 Å². The molecule has 8 nitrogen and oxygen atoms in total. The van der Waals surface area contributed by atoms with Crippen LogP contribution < -0.4 is 10.6 Å². The average molecular weight is 432 g/mol. The normalized spacial score (nSPS) is 18.8. The second-order valence-corrected chi connectivity index (χ2v) is 8.54. The molecule has 2 aliphatic rings. The van der Waals surface area contributed by atoms with Gasteiger partial charge in [-0.1, -0.05) is 49.6 Å². The molecule has 8 heteroatoms. The van der Waals surface area contributed by atoms with Crippen molar-refractivity contribution in [1.82, 2.24) is 15.5 Å². The number of hydrogen-bond acceptors (Lipinski definition) is 4. The van der Waals surface area contributed by atoms with E-state index in [1.807, 2.05) is 30.3 Å². The number of piperidine rings is 1. The van der Waals surface area contributed by atoms with E-state index >= 15 is 0 Å². The zero-order chi connectivity index (χ0) is 22.1. The second-order valence-electron chi connectivity index (χ2n) is 8.54. The van der Waals surface area contributed by atoms with Crippen LogP contribution in [-0.2, 0) is 16.1 Å². The fourth-order valence-corrected chi connectivity index (χ4v) is 4.44. The summed E-state index contributed by atoms with van der Waals surface area (Å²) in [5.74, 6) is 0.174. The van der Waals surface area contributed by atoms with Crippen molar-refractivity contribution in [3.05, 3.63) is 35.9 Å². The Kier molecular flexibility index (Phi) is 8.55. The van der Waals surface area contributed by atoms with Crippen LogP contribution >= 0.6 is 0 Å². The minimum atomic E-state index is -0.891. The highest BCUT2D eigenvalue weighted by Crippen LogP contribution is 2.27. The van der Waals surface area contributed by atoms with Gasteiger partial charge in [0.15, 0.2) is 0 Å². The standard InChI is InChI=1S/C23H33N3O5/c27-21(24-15-17-11-13-26(14-12-17)23(29)30)20(19-9-5-2-6-10-19)25-22(28)31-16-18-7-3-1-4-8-18/h1,3-4,7-8,17,19-20H,2,5-6,9-16H2,(H,24,27)(H,25,28)(H,29,30). The zero-order valence-corrected chi connectivity index (χ0v) is 17.9. The van der Waals surface area contributed by atoms with E-state index in [2.05, 4.69) is 10.6 Å². The van der Waals surface area contributed by atoms with E-state index in [1.165, 1.54) is 4.90 Å². The Morgan fingerprint density at radius 3 is 2.35 bits per heavy atom. The molecule has 1 aromatic rings. The number of hydrogen-bond donors (Lipinski definition) is 3. The van der Waals surface area contributed by atoms with Crippen molar-refractivity contribution >= 4 is 18.1 Å². The topological polar surface area (TPSA) is 108 Å². The highest BCUT2D eigenvalue weighted by Gasteiger charge is 2.32. The summed E-state index contributed by atoms with van der Waals surface area (Å²) in [5.41, 5.74) is 0.893. The van der Waals surface area contributed by atoms with Gasteiger partial charge in [0, 0.05) is 19.6 Å². The lowest BCUT2D eigenvalue weighted by atomic mass is 9.83. The van der Waals surface area contributed by atoms with Gasteiger partial charge in [-0.15, -0.1) is 0 Å². The lowest BCUT2D eigenvalue weighted by molar-refractivity contribution is -0.125. The molecule has 3 rings (SSSR count). The molecule has 1 unspecified atom stereocenters. The van der Waals surface area contributed by atoms with E-state index in [0.29, 0.717) is 19.6 Å². The fraction of sp³-hybridized carbons (Fsp3) is 0.609. The lowest BCUT2D eigenvalue weighted by Crippen LogP contribution is -2.52. The van der Waals surface area contributed by atoms with E-state index in [1.54, 1.807) is 0 Å². The van der Waals surface area contributed by atoms with Gasteiger partial charge < -0.3 is 25.4 Å². The molecule has 1 saturated heterocycles. The lowest BCUT2D eigenvalue weighted by Gasteiger charge is -2.32. The molecule has 1 heterocycles. The zero-order valence-electron chi connectivity index (χ0n) is 17.9. The summed E-state index contributed by atoms with van der Waals surface area (Å²) in [7, 11) is 0. The quantitative estimate of drug-likeness (QED) is 0.613. The Labute approximate surface area is 183 Å². The number of amides is 3. The van der Waals surface area contributed by atoms with E-state index in [-0.39, 0.29) is 24.3 Å². The van der Waals surface area contributed by atoms with Crippen LogP contribution in [0.5, 0.6) is 0 Å². The Hall–Kier alpha value is -2.77. The Balaban J connectivity index is 1.50. The summed E-state index contributed by atoms with van der Waals surface area (Å²) in [6.07, 6.45) is 5.09. The van der Waals surface area contributed by atoms with Crippen LogP contribution in [-0.4, -0.2) is 53.8 Å². The number of nitrogens with one attached hydrogen (secondary N) is 2. The number of carbonyl (C=O) groups excluding carboxylic acids is 2. The predicted molar refractivity (Wildman–Crippen MR) is 115 cm³/mol. The first kappa shape index (κ1) is 22.9. The van der Waals surface area contributed by atoms with Crippen molar-refractivity contribution in [3.8, 4) is 0 Å². The third-order valence-corrected chi connectivity index (χ3v) is 6.34. The maximum absolute atomic E-state index is 13.0. The minimum absolute atomic E-state index is 0.104. The van der Waals surface area contributed by atoms with Crippen LogP contribution in [0.3, 0.4) is 0 Å². The maximum atomic E-state index is 13.0. The van der Waals surface area contributed by atoms with Gasteiger partial charge in [-0.25, -0.2) is 9.59 Å². The molecular weight excluding hydrogens is 398 g/mol. The van der Waals surface area contributed by atoms with Crippen molar-refractivity contribution in [2.24, 2.45) is 11.8 Å². The predicted octanol–water partition coefficient (Wildman–Crippen LogP) is 3.37. The van der Waals surface area contributed by atoms with Crippen LogP contribution in [0, 0.1) is 11.8 Å². The van der Waals surface area contributed by atoms with Crippen LogP contribution in [0.1, 0.15) is 50.5 Å². The molecule has 1 aliphatic heterocycles. The molecule has 31 heavy (non-hydrogen) atoms. The number of carbonyl (C=O) groups is 3. The van der Waals surface area contributed by atoms with Gasteiger partial charge in [-0.05, 0) is 43.1 Å². The number of ether oxygens (including phenoxy) is 1. The Morgan fingerprint density at radius 2 is 1.71 bits per heavy atom. The highest BCUT2D eigenvalue weighted by molar-refractivity contribution is 5.86. The molecule has 1 aliphatic carbocycles. The molecule has 170 valence electrons. The van der Waals surface area contributed by atoms with Crippen molar-refractivity contribution in [2.75, 3.05) is 19.6 Å². The summed E-state index contributed by atoms with van der Waals surface area (Å²) >= 11 is 0. The molecule has 0 bridgehead atoms.